The molecule has 1 fully saturated rings. The van der Waals surface area contributed by atoms with Gasteiger partial charge in [0.15, 0.2) is 23.0 Å². The number of methoxy groups -OCH3 is 4. The minimum atomic E-state index is -0.401. The predicted molar refractivity (Wildman–Crippen MR) is 125 cm³/mol. The normalized spacial score (nSPS) is 22.2. The number of benzene rings is 2. The molecule has 2 aromatic carbocycles. The number of hydrogen-bond acceptors (Lipinski definition) is 7. The van der Waals surface area contributed by atoms with Crippen LogP contribution in [-0.4, -0.2) is 58.9 Å². The van der Waals surface area contributed by atoms with Crippen molar-refractivity contribution >= 4 is 5.97 Å². The molecule has 1 saturated heterocycles. The third-order valence-electron chi connectivity index (χ3n) is 6.97. The lowest BCUT2D eigenvalue weighted by molar-refractivity contribution is 0.0579. The Morgan fingerprint density at radius 3 is 2.21 bits per heavy atom. The second-order valence-corrected chi connectivity index (χ2v) is 8.51. The summed E-state index contributed by atoms with van der Waals surface area (Å²) >= 11 is 0. The van der Waals surface area contributed by atoms with Gasteiger partial charge in [0.1, 0.15) is 5.76 Å². The van der Waals surface area contributed by atoms with Crippen LogP contribution in [0, 0.1) is 0 Å². The van der Waals surface area contributed by atoms with Crippen molar-refractivity contribution in [2.75, 3.05) is 42.0 Å². The largest absolute Gasteiger partial charge is 0.493 e. The summed E-state index contributed by atoms with van der Waals surface area (Å²) in [7, 11) is 8.53. The summed E-state index contributed by atoms with van der Waals surface area (Å²) in [6, 6.07) is 11.4. The standard InChI is InChI=1S/C26H31NO6/c1-27-13-12-26(18-7-9-21(30-3)23(15-18)32-5)11-10-19(16-24(26)27)33-25(28)17-6-8-20(29-2)22(14-17)31-4/h6-10,14-15,24H,11-13,16H2,1-5H3. The van der Waals surface area contributed by atoms with Gasteiger partial charge in [-0.3, -0.25) is 0 Å². The van der Waals surface area contributed by atoms with Crippen LogP contribution in [0.15, 0.2) is 48.2 Å². The molecule has 33 heavy (non-hydrogen) atoms. The lowest BCUT2D eigenvalue weighted by Gasteiger charge is -2.40. The van der Waals surface area contributed by atoms with Crippen LogP contribution in [-0.2, 0) is 10.2 Å². The molecule has 2 unspecified atom stereocenters. The summed E-state index contributed by atoms with van der Waals surface area (Å²) in [5.74, 6) is 2.81. The fraction of sp³-hybridized carbons (Fsp3) is 0.423. The molecule has 7 heteroatoms. The zero-order chi connectivity index (χ0) is 23.6. The fourth-order valence-corrected chi connectivity index (χ4v) is 5.10. The van der Waals surface area contributed by atoms with E-state index in [2.05, 4.69) is 30.2 Å². The van der Waals surface area contributed by atoms with E-state index in [1.807, 2.05) is 6.07 Å². The first-order chi connectivity index (χ1) is 15.9. The molecule has 1 aliphatic heterocycles. The second-order valence-electron chi connectivity index (χ2n) is 8.51. The average Bonchev–Trinajstić information content (AvgIpc) is 3.19. The van der Waals surface area contributed by atoms with Crippen molar-refractivity contribution in [2.24, 2.45) is 0 Å². The molecule has 0 bridgehead atoms. The summed E-state index contributed by atoms with van der Waals surface area (Å²) in [4.78, 5) is 15.2. The van der Waals surface area contributed by atoms with Gasteiger partial charge in [0, 0.05) is 17.9 Å². The Labute approximate surface area is 194 Å². The second kappa shape index (κ2) is 9.35. The smallest absolute Gasteiger partial charge is 0.343 e. The van der Waals surface area contributed by atoms with Crippen LogP contribution in [0.2, 0.25) is 0 Å². The Hall–Kier alpha value is -3.19. The SMILES string of the molecule is COc1ccc(C(=O)OC2=CCC3(c4ccc(OC)c(OC)c4)CCN(C)C3C2)cc1OC. The molecule has 2 aromatic rings. The number of esters is 1. The van der Waals surface area contributed by atoms with Crippen molar-refractivity contribution in [1.82, 2.24) is 4.90 Å². The summed E-state index contributed by atoms with van der Waals surface area (Å²) in [5.41, 5.74) is 1.58. The summed E-state index contributed by atoms with van der Waals surface area (Å²) in [5, 5.41) is 0. The first kappa shape index (κ1) is 23.0. The minimum Gasteiger partial charge on any atom is -0.493 e. The van der Waals surface area contributed by atoms with Crippen molar-refractivity contribution < 1.29 is 28.5 Å². The number of fused-ring (bicyclic) bond motifs is 1. The third-order valence-corrected chi connectivity index (χ3v) is 6.97. The van der Waals surface area contributed by atoms with Crippen molar-refractivity contribution in [3.05, 3.63) is 59.4 Å². The first-order valence-electron chi connectivity index (χ1n) is 11.0. The Bertz CT molecular complexity index is 1060. The predicted octanol–water partition coefficient (Wildman–Crippen LogP) is 4.20. The molecule has 0 N–H and O–H groups in total. The van der Waals surface area contributed by atoms with E-state index in [0.717, 1.165) is 30.9 Å². The number of carbonyl (C=O) groups is 1. The van der Waals surface area contributed by atoms with E-state index < -0.39 is 5.97 Å². The van der Waals surface area contributed by atoms with Crippen LogP contribution in [0.5, 0.6) is 23.0 Å². The quantitative estimate of drug-likeness (QED) is 0.582. The topological polar surface area (TPSA) is 66.5 Å². The van der Waals surface area contributed by atoms with Gasteiger partial charge in [-0.05, 0) is 68.4 Å². The van der Waals surface area contributed by atoms with Gasteiger partial charge in [0.05, 0.1) is 34.0 Å². The molecule has 0 amide bonds. The number of ether oxygens (including phenoxy) is 5. The van der Waals surface area contributed by atoms with E-state index in [4.69, 9.17) is 23.7 Å². The van der Waals surface area contributed by atoms with Crippen LogP contribution in [0.3, 0.4) is 0 Å². The number of carbonyl (C=O) groups excluding carboxylic acids is 1. The highest BCUT2D eigenvalue weighted by atomic mass is 16.5. The van der Waals surface area contributed by atoms with E-state index >= 15 is 0 Å². The van der Waals surface area contributed by atoms with Gasteiger partial charge in [-0.2, -0.15) is 0 Å². The van der Waals surface area contributed by atoms with Crippen molar-refractivity contribution in [1.29, 1.82) is 0 Å². The number of nitrogens with zero attached hydrogens (tertiary/aromatic N) is 1. The molecular weight excluding hydrogens is 422 g/mol. The zero-order valence-electron chi connectivity index (χ0n) is 19.8. The lowest BCUT2D eigenvalue weighted by atomic mass is 9.68. The number of allylic oxidation sites excluding steroid dienone is 1. The molecule has 4 rings (SSSR count). The van der Waals surface area contributed by atoms with Gasteiger partial charge >= 0.3 is 5.97 Å². The molecule has 176 valence electrons. The Morgan fingerprint density at radius 2 is 1.55 bits per heavy atom. The molecule has 0 aromatic heterocycles. The fourth-order valence-electron chi connectivity index (χ4n) is 5.10. The number of likely N-dealkylation sites (N-methyl/N-ethyl adjacent to an activating group) is 1. The van der Waals surface area contributed by atoms with Crippen LogP contribution >= 0.6 is 0 Å². The molecule has 2 atom stereocenters. The highest BCUT2D eigenvalue weighted by Crippen LogP contribution is 2.49. The number of likely N-dealkylation sites (tertiary alicyclic amines) is 1. The van der Waals surface area contributed by atoms with Crippen LogP contribution in [0.4, 0.5) is 0 Å². The van der Waals surface area contributed by atoms with Gasteiger partial charge in [-0.15, -0.1) is 0 Å². The molecule has 2 aliphatic rings. The molecule has 7 nitrogen and oxygen atoms in total. The van der Waals surface area contributed by atoms with Gasteiger partial charge in [-0.1, -0.05) is 6.07 Å². The van der Waals surface area contributed by atoms with E-state index in [0.29, 0.717) is 29.2 Å². The number of rotatable bonds is 7. The number of hydrogen-bond donors (Lipinski definition) is 0. The Kier molecular flexibility index (Phi) is 6.51. The van der Waals surface area contributed by atoms with Gasteiger partial charge in [-0.25, -0.2) is 4.79 Å². The minimum absolute atomic E-state index is 0.0620. The third kappa shape index (κ3) is 4.13. The van der Waals surface area contributed by atoms with Crippen LogP contribution < -0.4 is 18.9 Å². The highest BCUT2D eigenvalue weighted by Gasteiger charge is 2.49. The van der Waals surface area contributed by atoms with E-state index in [9.17, 15) is 4.79 Å². The molecular formula is C26H31NO6. The molecule has 0 saturated carbocycles. The molecule has 1 aliphatic carbocycles. The van der Waals surface area contributed by atoms with E-state index in [1.165, 1.54) is 5.56 Å². The summed E-state index contributed by atoms with van der Waals surface area (Å²) < 4.78 is 27.4. The van der Waals surface area contributed by atoms with Crippen molar-refractivity contribution in [3.63, 3.8) is 0 Å². The lowest BCUT2D eigenvalue weighted by Crippen LogP contribution is -2.43. The molecule has 0 radical (unpaired) electrons. The van der Waals surface area contributed by atoms with Gasteiger partial charge in [0.25, 0.3) is 0 Å². The van der Waals surface area contributed by atoms with Crippen molar-refractivity contribution in [3.8, 4) is 23.0 Å². The summed E-state index contributed by atoms with van der Waals surface area (Å²) in [6.45, 7) is 0.976. The summed E-state index contributed by atoms with van der Waals surface area (Å²) in [6.07, 6.45) is 4.53. The van der Waals surface area contributed by atoms with E-state index in [-0.39, 0.29) is 11.5 Å². The zero-order valence-corrected chi connectivity index (χ0v) is 19.8. The molecule has 1 heterocycles. The average molecular weight is 454 g/mol. The maximum absolute atomic E-state index is 12.9. The monoisotopic (exact) mass is 453 g/mol. The van der Waals surface area contributed by atoms with E-state index in [1.54, 1.807) is 46.6 Å². The maximum atomic E-state index is 12.9. The van der Waals surface area contributed by atoms with Crippen LogP contribution in [0.25, 0.3) is 0 Å². The highest BCUT2D eigenvalue weighted by molar-refractivity contribution is 5.91. The molecule has 0 spiro atoms. The van der Waals surface area contributed by atoms with Gasteiger partial charge < -0.3 is 28.6 Å². The Balaban J connectivity index is 1.58. The maximum Gasteiger partial charge on any atom is 0.343 e. The Morgan fingerprint density at radius 1 is 0.909 bits per heavy atom. The van der Waals surface area contributed by atoms with Crippen molar-refractivity contribution in [2.45, 2.75) is 30.7 Å². The van der Waals surface area contributed by atoms with Gasteiger partial charge in [0.2, 0.25) is 0 Å². The van der Waals surface area contributed by atoms with Crippen LogP contribution in [0.1, 0.15) is 35.2 Å². The first-order valence-corrected chi connectivity index (χ1v) is 11.0.